The van der Waals surface area contributed by atoms with Gasteiger partial charge in [0, 0.05) is 35.2 Å². The Kier molecular flexibility index (Phi) is 6.59. The quantitative estimate of drug-likeness (QED) is 0.418. The van der Waals surface area contributed by atoms with E-state index in [1.54, 1.807) is 12.1 Å². The van der Waals surface area contributed by atoms with Crippen LogP contribution < -0.4 is 10.9 Å². The van der Waals surface area contributed by atoms with Crippen molar-refractivity contribution in [3.05, 3.63) is 75.1 Å². The molecule has 0 radical (unpaired) electrons. The normalized spacial score (nSPS) is 11.8. The summed E-state index contributed by atoms with van der Waals surface area (Å²) in [6.07, 6.45) is 1.36. The average molecular weight is 517 g/mol. The number of nitrogens with one attached hydrogen (secondary N) is 1. The number of thiophene rings is 1. The highest BCUT2D eigenvalue weighted by atomic mass is 35.5. The molecule has 1 amide bonds. The minimum Gasteiger partial charge on any atom is -0.325 e. The van der Waals surface area contributed by atoms with Crippen molar-refractivity contribution < 1.29 is 13.2 Å². The molecular formula is C23H21ClN4O4S2. The lowest BCUT2D eigenvalue weighted by Crippen LogP contribution is -2.27. The second-order valence-electron chi connectivity index (χ2n) is 7.76. The van der Waals surface area contributed by atoms with E-state index in [-0.39, 0.29) is 17.0 Å². The molecule has 0 fully saturated rings. The van der Waals surface area contributed by atoms with E-state index in [2.05, 4.69) is 10.3 Å². The number of aromatic nitrogens is 2. The van der Waals surface area contributed by atoms with Crippen LogP contribution in [0.5, 0.6) is 0 Å². The maximum absolute atomic E-state index is 13.3. The first kappa shape index (κ1) is 24.1. The molecule has 8 nitrogen and oxygen atoms in total. The fourth-order valence-corrected chi connectivity index (χ4v) is 5.52. The van der Waals surface area contributed by atoms with E-state index < -0.39 is 15.9 Å². The minimum absolute atomic E-state index is 0.115. The number of sulfonamides is 1. The lowest BCUT2D eigenvalue weighted by atomic mass is 10.0. The molecule has 4 aromatic rings. The van der Waals surface area contributed by atoms with Crippen LogP contribution in [0.3, 0.4) is 0 Å². The summed E-state index contributed by atoms with van der Waals surface area (Å²) in [6, 6.07) is 13.0. The fourth-order valence-electron chi connectivity index (χ4n) is 3.49. The number of nitrogens with zero attached hydrogens (tertiary/aromatic N) is 3. The van der Waals surface area contributed by atoms with E-state index >= 15 is 0 Å². The molecule has 2 aromatic heterocycles. The third-order valence-electron chi connectivity index (χ3n) is 5.22. The zero-order valence-corrected chi connectivity index (χ0v) is 21.0. The number of fused-ring (bicyclic) bond motifs is 1. The van der Waals surface area contributed by atoms with Crippen molar-refractivity contribution in [1.29, 1.82) is 0 Å². The molecule has 0 unspecified atom stereocenters. The molecule has 0 aliphatic carbocycles. The smallest absolute Gasteiger partial charge is 0.263 e. The summed E-state index contributed by atoms with van der Waals surface area (Å²) in [5, 5.41) is 3.74. The molecular weight excluding hydrogens is 496 g/mol. The van der Waals surface area contributed by atoms with Crippen LogP contribution in [0.25, 0.3) is 21.3 Å². The van der Waals surface area contributed by atoms with Crippen LogP contribution >= 0.6 is 22.9 Å². The van der Waals surface area contributed by atoms with Gasteiger partial charge in [0.05, 0.1) is 16.6 Å². The largest absolute Gasteiger partial charge is 0.325 e. The molecule has 1 N–H and O–H groups in total. The third kappa shape index (κ3) is 4.62. The number of carbonyl (C=O) groups is 1. The van der Waals surface area contributed by atoms with Gasteiger partial charge >= 0.3 is 0 Å². The second-order valence-corrected chi connectivity index (χ2v) is 11.5. The van der Waals surface area contributed by atoms with Crippen molar-refractivity contribution in [2.75, 3.05) is 19.4 Å². The Hall–Kier alpha value is -3.05. The summed E-state index contributed by atoms with van der Waals surface area (Å²) in [5.41, 5.74) is 1.73. The van der Waals surface area contributed by atoms with Crippen LogP contribution in [0.2, 0.25) is 5.02 Å². The van der Waals surface area contributed by atoms with Gasteiger partial charge in [-0.2, -0.15) is 0 Å². The first-order chi connectivity index (χ1) is 16.1. The topological polar surface area (TPSA) is 101 Å². The Bertz CT molecular complexity index is 1540. The lowest BCUT2D eigenvalue weighted by Gasteiger charge is -2.12. The number of anilines is 1. The van der Waals surface area contributed by atoms with Crippen LogP contribution in [-0.4, -0.2) is 42.3 Å². The van der Waals surface area contributed by atoms with Crippen LogP contribution in [-0.2, 0) is 21.4 Å². The molecule has 34 heavy (non-hydrogen) atoms. The van der Waals surface area contributed by atoms with Gasteiger partial charge in [0.1, 0.15) is 11.4 Å². The van der Waals surface area contributed by atoms with Gasteiger partial charge in [-0.3, -0.25) is 14.2 Å². The van der Waals surface area contributed by atoms with E-state index in [1.807, 2.05) is 19.1 Å². The fraction of sp³-hybridized carbons (Fsp3) is 0.174. The number of carbonyl (C=O) groups excluding carboxylic acids is 1. The number of rotatable bonds is 6. The number of hydrogen-bond acceptors (Lipinski definition) is 6. The molecule has 2 aromatic carbocycles. The third-order valence-corrected chi connectivity index (χ3v) is 8.31. The van der Waals surface area contributed by atoms with Gasteiger partial charge in [-0.1, -0.05) is 23.7 Å². The monoisotopic (exact) mass is 516 g/mol. The molecule has 0 bridgehead atoms. The molecule has 0 aliphatic heterocycles. The zero-order chi connectivity index (χ0) is 24.6. The number of halogens is 1. The van der Waals surface area contributed by atoms with Gasteiger partial charge in [0.25, 0.3) is 5.56 Å². The molecule has 4 rings (SSSR count). The highest BCUT2D eigenvalue weighted by Gasteiger charge is 2.19. The molecule has 0 aliphatic rings. The number of amides is 1. The lowest BCUT2D eigenvalue weighted by molar-refractivity contribution is -0.116. The van der Waals surface area contributed by atoms with Gasteiger partial charge < -0.3 is 5.32 Å². The first-order valence-corrected chi connectivity index (χ1v) is 12.8. The number of aryl methyl sites for hydroxylation is 1. The second kappa shape index (κ2) is 9.30. The maximum atomic E-state index is 13.3. The van der Waals surface area contributed by atoms with Crippen molar-refractivity contribution in [3.63, 3.8) is 0 Å². The van der Waals surface area contributed by atoms with Gasteiger partial charge in [0.15, 0.2) is 0 Å². The Morgan fingerprint density at radius 1 is 1.12 bits per heavy atom. The molecule has 0 atom stereocenters. The average Bonchev–Trinajstić information content (AvgIpc) is 3.13. The summed E-state index contributed by atoms with van der Waals surface area (Å²) in [6.45, 7) is 1.68. The van der Waals surface area contributed by atoms with Crippen LogP contribution in [0.1, 0.15) is 4.88 Å². The summed E-state index contributed by atoms with van der Waals surface area (Å²) < 4.78 is 26.7. The predicted molar refractivity (Wildman–Crippen MR) is 135 cm³/mol. The number of benzene rings is 2. The SMILES string of the molecule is Cc1sc2ncn(CC(=O)Nc3ccc(S(=O)(=O)N(C)C)cc3)c(=O)c2c1-c1ccc(Cl)cc1. The van der Waals surface area contributed by atoms with Gasteiger partial charge in [0.2, 0.25) is 15.9 Å². The van der Waals surface area contributed by atoms with Gasteiger partial charge in [-0.15, -0.1) is 11.3 Å². The first-order valence-electron chi connectivity index (χ1n) is 10.1. The van der Waals surface area contributed by atoms with E-state index in [0.717, 1.165) is 20.3 Å². The van der Waals surface area contributed by atoms with Crippen LogP contribution in [0.15, 0.2) is 64.5 Å². The standard InChI is InChI=1S/C23H21ClN4O4S2/c1-14-20(15-4-6-16(24)7-5-15)21-22(33-14)25-13-28(23(21)30)12-19(29)26-17-8-10-18(11-9-17)34(31,32)27(2)3/h4-11,13H,12H2,1-3H3,(H,26,29). The van der Waals surface area contributed by atoms with Crippen LogP contribution in [0.4, 0.5) is 5.69 Å². The molecule has 0 saturated heterocycles. The molecule has 11 heteroatoms. The summed E-state index contributed by atoms with van der Waals surface area (Å²) >= 11 is 7.42. The summed E-state index contributed by atoms with van der Waals surface area (Å²) in [7, 11) is -0.673. The minimum atomic E-state index is -3.56. The molecule has 0 saturated carbocycles. The Morgan fingerprint density at radius 3 is 2.38 bits per heavy atom. The van der Waals surface area contributed by atoms with E-state index in [4.69, 9.17) is 11.6 Å². The highest BCUT2D eigenvalue weighted by Crippen LogP contribution is 2.35. The predicted octanol–water partition coefficient (Wildman–Crippen LogP) is 3.98. The highest BCUT2D eigenvalue weighted by molar-refractivity contribution is 7.89. The Labute approximate surface area is 205 Å². The Morgan fingerprint density at radius 2 is 1.76 bits per heavy atom. The van der Waals surface area contributed by atoms with Crippen LogP contribution in [0, 0.1) is 6.92 Å². The van der Waals surface area contributed by atoms with Crippen molar-refractivity contribution in [2.45, 2.75) is 18.4 Å². The van der Waals surface area contributed by atoms with E-state index in [9.17, 15) is 18.0 Å². The Balaban J connectivity index is 1.60. The molecule has 176 valence electrons. The summed E-state index contributed by atoms with van der Waals surface area (Å²) in [4.78, 5) is 31.9. The van der Waals surface area contributed by atoms with Gasteiger partial charge in [-0.25, -0.2) is 17.7 Å². The zero-order valence-electron chi connectivity index (χ0n) is 18.6. The number of hydrogen-bond donors (Lipinski definition) is 1. The van der Waals surface area contributed by atoms with Crippen molar-refractivity contribution in [1.82, 2.24) is 13.9 Å². The maximum Gasteiger partial charge on any atom is 0.263 e. The summed E-state index contributed by atoms with van der Waals surface area (Å²) in [5.74, 6) is -0.438. The van der Waals surface area contributed by atoms with Crippen molar-refractivity contribution in [3.8, 4) is 11.1 Å². The van der Waals surface area contributed by atoms with E-state index in [1.165, 1.54) is 60.6 Å². The molecule has 2 heterocycles. The van der Waals surface area contributed by atoms with Crippen molar-refractivity contribution in [2.24, 2.45) is 0 Å². The molecule has 0 spiro atoms. The van der Waals surface area contributed by atoms with E-state index in [0.29, 0.717) is 20.9 Å². The van der Waals surface area contributed by atoms with Crippen molar-refractivity contribution >= 4 is 54.8 Å². The van der Waals surface area contributed by atoms with Gasteiger partial charge in [-0.05, 0) is 48.9 Å².